The maximum absolute atomic E-state index is 13.4. The number of carbonyl (C=O) groups is 7. The van der Waals surface area contributed by atoms with Crippen LogP contribution in [0.25, 0.3) is 0 Å². The van der Waals surface area contributed by atoms with Gasteiger partial charge in [-0.25, -0.2) is 9.69 Å². The quantitative estimate of drug-likeness (QED) is 0.116. The van der Waals surface area contributed by atoms with E-state index in [1.54, 1.807) is 20.8 Å². The summed E-state index contributed by atoms with van der Waals surface area (Å²) in [5.41, 5.74) is -3.03. The van der Waals surface area contributed by atoms with Crippen molar-refractivity contribution < 1.29 is 57.6 Å². The monoisotopic (exact) mass is 662 g/mol. The predicted octanol–water partition coefficient (Wildman–Crippen LogP) is -0.296. The molecule has 1 aromatic rings. The van der Waals surface area contributed by atoms with Crippen LogP contribution in [-0.2, 0) is 54.3 Å². The molecule has 258 valence electrons. The van der Waals surface area contributed by atoms with Gasteiger partial charge in [-0.1, -0.05) is 30.3 Å². The lowest BCUT2D eigenvalue weighted by Crippen LogP contribution is -2.68. The molecule has 3 fully saturated rings. The Labute approximate surface area is 271 Å². The first-order valence-corrected chi connectivity index (χ1v) is 15.0. The van der Waals surface area contributed by atoms with E-state index < -0.39 is 70.3 Å². The van der Waals surface area contributed by atoms with Crippen LogP contribution >= 0.6 is 0 Å². The SMILES string of the molecule is COC(=O)CCC1(C(=O)OC)CC(COCc2ccccc2)N(C(=O)OC(C)(C)C)C1=O.O=C1CNC2(CC(CO)NC2=O)C(=O)N1. The minimum Gasteiger partial charge on any atom is -0.469 e. The lowest BCUT2D eigenvalue weighted by atomic mass is 9.80. The second-order valence-corrected chi connectivity index (χ2v) is 12.4. The summed E-state index contributed by atoms with van der Waals surface area (Å²) < 4.78 is 20.7. The number of methoxy groups -OCH3 is 2. The zero-order valence-electron chi connectivity index (χ0n) is 27.1. The van der Waals surface area contributed by atoms with Gasteiger partial charge in [0.05, 0.1) is 52.7 Å². The summed E-state index contributed by atoms with van der Waals surface area (Å²) in [6.45, 7) is 5.00. The van der Waals surface area contributed by atoms with E-state index in [9.17, 15) is 33.6 Å². The molecule has 3 heterocycles. The maximum Gasteiger partial charge on any atom is 0.417 e. The number of benzene rings is 1. The summed E-state index contributed by atoms with van der Waals surface area (Å²) in [7, 11) is 2.38. The fourth-order valence-electron chi connectivity index (χ4n) is 5.50. The molecule has 4 rings (SSSR count). The Balaban J connectivity index is 0.000000331. The molecule has 4 atom stereocenters. The number of ether oxygens (including phenoxy) is 4. The van der Waals surface area contributed by atoms with Gasteiger partial charge in [0.25, 0.3) is 5.91 Å². The van der Waals surface area contributed by atoms with Crippen LogP contribution in [-0.4, -0.2) is 109 Å². The van der Waals surface area contributed by atoms with E-state index >= 15 is 0 Å². The van der Waals surface area contributed by atoms with E-state index in [0.29, 0.717) is 0 Å². The van der Waals surface area contributed by atoms with Crippen molar-refractivity contribution in [1.29, 1.82) is 0 Å². The Hall–Kier alpha value is -4.41. The number of carbonyl (C=O) groups excluding carboxylic acids is 7. The largest absolute Gasteiger partial charge is 0.469 e. The summed E-state index contributed by atoms with van der Waals surface area (Å²) >= 11 is 0. The number of nitrogens with zero attached hydrogens (tertiary/aromatic N) is 1. The maximum atomic E-state index is 13.4. The Kier molecular flexibility index (Phi) is 12.2. The standard InChI is InChI=1S/C23H31NO8.C8H11N3O4/c1-22(2,3)32-21(28)24-17(15-31-14-16-9-7-6-8-10-16)13-23(19(24)26,20(27)30-5)12-11-18(25)29-4;12-3-4-1-8(6(14)10-4)7(15)11-5(13)2-9-8/h6-10,17H,11-15H2,1-5H3;4,9,12H,1-3H2,(H,10,14)(H,11,13,15). The highest BCUT2D eigenvalue weighted by molar-refractivity contribution is 6.17. The second kappa shape index (κ2) is 15.5. The Morgan fingerprint density at radius 3 is 2.23 bits per heavy atom. The van der Waals surface area contributed by atoms with Crippen molar-refractivity contribution in [3.63, 3.8) is 0 Å². The summed E-state index contributed by atoms with van der Waals surface area (Å²) in [4.78, 5) is 85.7. The van der Waals surface area contributed by atoms with E-state index in [1.165, 1.54) is 7.11 Å². The summed E-state index contributed by atoms with van der Waals surface area (Å²) in [6, 6.07) is 8.21. The van der Waals surface area contributed by atoms with Gasteiger partial charge in [-0.15, -0.1) is 0 Å². The van der Waals surface area contributed by atoms with Gasteiger partial charge in [0.15, 0.2) is 5.54 Å². The van der Waals surface area contributed by atoms with Crippen LogP contribution in [0.3, 0.4) is 0 Å². The number of hydrogen-bond donors (Lipinski definition) is 4. The molecular formula is C31H42N4O12. The number of aliphatic hydroxyl groups excluding tert-OH is 1. The van der Waals surface area contributed by atoms with Gasteiger partial charge >= 0.3 is 18.0 Å². The minimum atomic E-state index is -1.71. The van der Waals surface area contributed by atoms with Crippen molar-refractivity contribution in [1.82, 2.24) is 20.9 Å². The fourth-order valence-corrected chi connectivity index (χ4v) is 5.50. The van der Waals surface area contributed by atoms with Crippen LogP contribution in [0.15, 0.2) is 30.3 Å². The molecule has 1 spiro atoms. The molecule has 3 aliphatic heterocycles. The van der Waals surface area contributed by atoms with Crippen molar-refractivity contribution in [2.75, 3.05) is 34.0 Å². The number of likely N-dealkylation sites (tertiary alicyclic amines) is 1. The molecule has 0 bridgehead atoms. The molecule has 3 aliphatic rings. The normalized spacial score (nSPS) is 25.4. The van der Waals surface area contributed by atoms with Crippen molar-refractivity contribution in [3.8, 4) is 0 Å². The number of amides is 5. The zero-order chi connectivity index (χ0) is 35.0. The molecule has 4 N–H and O–H groups in total. The van der Waals surface area contributed by atoms with Crippen LogP contribution in [0.4, 0.5) is 4.79 Å². The van der Waals surface area contributed by atoms with Gasteiger partial charge in [0.2, 0.25) is 17.7 Å². The zero-order valence-corrected chi connectivity index (χ0v) is 27.1. The van der Waals surface area contributed by atoms with E-state index in [2.05, 4.69) is 20.7 Å². The molecule has 5 amide bonds. The number of nitrogens with one attached hydrogen (secondary N) is 3. The predicted molar refractivity (Wildman–Crippen MR) is 161 cm³/mol. The first-order chi connectivity index (χ1) is 22.1. The van der Waals surface area contributed by atoms with Gasteiger partial charge in [-0.3, -0.25) is 39.4 Å². The smallest absolute Gasteiger partial charge is 0.417 e. The highest BCUT2D eigenvalue weighted by Gasteiger charge is 2.60. The minimum absolute atomic E-state index is 0.00313. The van der Waals surface area contributed by atoms with Crippen LogP contribution in [0.5, 0.6) is 0 Å². The highest BCUT2D eigenvalue weighted by atomic mass is 16.6. The summed E-state index contributed by atoms with van der Waals surface area (Å²) in [5.74, 6) is -3.75. The van der Waals surface area contributed by atoms with Crippen molar-refractivity contribution in [2.24, 2.45) is 5.41 Å². The summed E-state index contributed by atoms with van der Waals surface area (Å²) in [6.07, 6.45) is -1.11. The average molecular weight is 663 g/mol. The Morgan fingerprint density at radius 2 is 1.68 bits per heavy atom. The summed E-state index contributed by atoms with van der Waals surface area (Å²) in [5, 5.41) is 16.1. The number of aliphatic hydroxyl groups is 1. The van der Waals surface area contributed by atoms with E-state index in [1.807, 2.05) is 30.3 Å². The first-order valence-electron chi connectivity index (χ1n) is 15.0. The molecule has 4 unspecified atom stereocenters. The first kappa shape index (κ1) is 37.1. The topological polar surface area (TPSA) is 216 Å². The molecular weight excluding hydrogens is 620 g/mol. The third-order valence-corrected chi connectivity index (χ3v) is 7.84. The van der Waals surface area contributed by atoms with Crippen molar-refractivity contribution >= 4 is 41.7 Å². The van der Waals surface area contributed by atoms with Crippen LogP contribution in [0, 0.1) is 5.41 Å². The second-order valence-electron chi connectivity index (χ2n) is 12.4. The number of hydrogen-bond acceptors (Lipinski definition) is 13. The van der Waals surface area contributed by atoms with Gasteiger partial charge in [0.1, 0.15) is 11.0 Å². The fraction of sp³-hybridized carbons (Fsp3) is 0.581. The third kappa shape index (κ3) is 8.69. The molecule has 0 radical (unpaired) electrons. The van der Waals surface area contributed by atoms with Crippen molar-refractivity contribution in [2.45, 2.75) is 76.3 Å². The van der Waals surface area contributed by atoms with E-state index in [4.69, 9.17) is 19.3 Å². The highest BCUT2D eigenvalue weighted by Crippen LogP contribution is 2.42. The molecule has 47 heavy (non-hydrogen) atoms. The van der Waals surface area contributed by atoms with Gasteiger partial charge in [-0.05, 0) is 39.2 Å². The molecule has 0 saturated carbocycles. The third-order valence-electron chi connectivity index (χ3n) is 7.84. The molecule has 3 saturated heterocycles. The van der Waals surface area contributed by atoms with Gasteiger partial charge in [0, 0.05) is 12.8 Å². The lowest BCUT2D eigenvalue weighted by Gasteiger charge is -2.29. The lowest BCUT2D eigenvalue weighted by molar-refractivity contribution is -0.160. The van der Waals surface area contributed by atoms with Gasteiger partial charge < -0.3 is 29.4 Å². The Bertz CT molecular complexity index is 1360. The molecule has 0 aliphatic carbocycles. The number of rotatable bonds is 9. The van der Waals surface area contributed by atoms with Crippen LogP contribution < -0.4 is 16.0 Å². The number of imide groups is 2. The molecule has 1 aromatic carbocycles. The molecule has 16 nitrogen and oxygen atoms in total. The number of piperazine rings is 1. The average Bonchev–Trinajstić information content (AvgIpc) is 3.51. The van der Waals surface area contributed by atoms with E-state index in [0.717, 1.165) is 17.6 Å². The van der Waals surface area contributed by atoms with E-state index in [-0.39, 0.29) is 52.0 Å². The molecule has 0 aromatic heterocycles. The van der Waals surface area contributed by atoms with Crippen LogP contribution in [0.2, 0.25) is 0 Å². The Morgan fingerprint density at radius 1 is 1.00 bits per heavy atom. The van der Waals surface area contributed by atoms with Crippen LogP contribution in [0.1, 0.15) is 52.0 Å². The van der Waals surface area contributed by atoms with Gasteiger partial charge in [-0.2, -0.15) is 0 Å². The van der Waals surface area contributed by atoms with Crippen molar-refractivity contribution in [3.05, 3.63) is 35.9 Å². The molecule has 16 heteroatoms. The number of esters is 2.